The van der Waals surface area contributed by atoms with Crippen molar-refractivity contribution in [3.63, 3.8) is 0 Å². The fraction of sp³-hybridized carbons (Fsp3) is 0.467. The zero-order chi connectivity index (χ0) is 14.3. The van der Waals surface area contributed by atoms with E-state index in [1.807, 2.05) is 49.9 Å². The zero-order valence-corrected chi connectivity index (χ0v) is 11.8. The van der Waals surface area contributed by atoms with Gasteiger partial charge in [0, 0.05) is 24.7 Å². The standard InChI is InChI=1S/C15H21N3O/c1-12(2)18(10-4-9-16)11-15(19)17-14-7-5-13(3)6-8-14/h5-8,12H,4,10-11H2,1-3H3,(H,17,19). The van der Waals surface area contributed by atoms with Crippen molar-refractivity contribution in [1.29, 1.82) is 5.26 Å². The molecule has 0 unspecified atom stereocenters. The minimum absolute atomic E-state index is 0.0458. The number of nitrogens with zero attached hydrogens (tertiary/aromatic N) is 2. The van der Waals surface area contributed by atoms with Crippen LogP contribution in [0, 0.1) is 18.3 Å². The van der Waals surface area contributed by atoms with E-state index in [1.165, 1.54) is 0 Å². The first kappa shape index (κ1) is 15.2. The van der Waals surface area contributed by atoms with Crippen molar-refractivity contribution in [2.24, 2.45) is 0 Å². The van der Waals surface area contributed by atoms with E-state index in [0.717, 1.165) is 11.3 Å². The molecule has 0 heterocycles. The average Bonchev–Trinajstić information content (AvgIpc) is 2.37. The van der Waals surface area contributed by atoms with Gasteiger partial charge in [0.1, 0.15) is 0 Å². The number of nitriles is 1. The lowest BCUT2D eigenvalue weighted by molar-refractivity contribution is -0.117. The number of nitrogens with one attached hydrogen (secondary N) is 1. The van der Waals surface area contributed by atoms with Gasteiger partial charge in [-0.2, -0.15) is 5.26 Å². The van der Waals surface area contributed by atoms with Crippen molar-refractivity contribution in [3.8, 4) is 6.07 Å². The van der Waals surface area contributed by atoms with E-state index in [9.17, 15) is 4.79 Å². The maximum Gasteiger partial charge on any atom is 0.238 e. The van der Waals surface area contributed by atoms with Gasteiger partial charge in [-0.3, -0.25) is 9.69 Å². The summed E-state index contributed by atoms with van der Waals surface area (Å²) in [6.07, 6.45) is 0.440. The molecule has 1 amide bonds. The van der Waals surface area contributed by atoms with Crippen molar-refractivity contribution in [1.82, 2.24) is 4.90 Å². The van der Waals surface area contributed by atoms with Crippen molar-refractivity contribution >= 4 is 11.6 Å². The van der Waals surface area contributed by atoms with Crippen molar-refractivity contribution in [2.45, 2.75) is 33.2 Å². The van der Waals surface area contributed by atoms with Crippen LogP contribution in [0.3, 0.4) is 0 Å². The van der Waals surface area contributed by atoms with Gasteiger partial charge >= 0.3 is 0 Å². The smallest absolute Gasteiger partial charge is 0.238 e. The summed E-state index contributed by atoms with van der Waals surface area (Å²) >= 11 is 0. The Balaban J connectivity index is 2.53. The number of hydrogen-bond donors (Lipinski definition) is 1. The highest BCUT2D eigenvalue weighted by Crippen LogP contribution is 2.09. The van der Waals surface area contributed by atoms with Gasteiger partial charge in [-0.15, -0.1) is 0 Å². The van der Waals surface area contributed by atoms with Gasteiger partial charge in [-0.25, -0.2) is 0 Å². The highest BCUT2D eigenvalue weighted by molar-refractivity contribution is 5.92. The number of benzene rings is 1. The first-order chi connectivity index (χ1) is 9.02. The van der Waals surface area contributed by atoms with Crippen LogP contribution in [0.15, 0.2) is 24.3 Å². The number of hydrogen-bond acceptors (Lipinski definition) is 3. The van der Waals surface area contributed by atoms with Crippen LogP contribution in [0.1, 0.15) is 25.8 Å². The third-order valence-corrected chi connectivity index (χ3v) is 2.92. The van der Waals surface area contributed by atoms with Gasteiger partial charge in [-0.1, -0.05) is 17.7 Å². The van der Waals surface area contributed by atoms with E-state index in [2.05, 4.69) is 11.4 Å². The van der Waals surface area contributed by atoms with Gasteiger partial charge < -0.3 is 5.32 Å². The van der Waals surface area contributed by atoms with Gasteiger partial charge in [0.15, 0.2) is 0 Å². The molecule has 1 rings (SSSR count). The van der Waals surface area contributed by atoms with E-state index in [0.29, 0.717) is 19.5 Å². The molecule has 4 heteroatoms. The Morgan fingerprint density at radius 2 is 2.00 bits per heavy atom. The molecule has 0 spiro atoms. The molecule has 1 N–H and O–H groups in total. The average molecular weight is 259 g/mol. The summed E-state index contributed by atoms with van der Waals surface area (Å²) in [6, 6.07) is 10.1. The van der Waals surface area contributed by atoms with E-state index in [4.69, 9.17) is 5.26 Å². The van der Waals surface area contributed by atoms with Gasteiger partial charge in [-0.05, 0) is 32.9 Å². The summed E-state index contributed by atoms with van der Waals surface area (Å²) in [4.78, 5) is 13.9. The first-order valence-corrected chi connectivity index (χ1v) is 6.50. The Morgan fingerprint density at radius 3 is 2.53 bits per heavy atom. The normalized spacial score (nSPS) is 10.5. The molecule has 0 fully saturated rings. The number of rotatable bonds is 6. The number of anilines is 1. The second kappa shape index (κ2) is 7.55. The topological polar surface area (TPSA) is 56.1 Å². The van der Waals surface area contributed by atoms with Crippen LogP contribution in [0.4, 0.5) is 5.69 Å². The number of carbonyl (C=O) groups is 1. The van der Waals surface area contributed by atoms with Crippen LogP contribution >= 0.6 is 0 Å². The van der Waals surface area contributed by atoms with Crippen molar-refractivity contribution in [2.75, 3.05) is 18.4 Å². The molecular formula is C15H21N3O. The van der Waals surface area contributed by atoms with Crippen LogP contribution in [0.25, 0.3) is 0 Å². The molecule has 1 aromatic rings. The van der Waals surface area contributed by atoms with Crippen molar-refractivity contribution in [3.05, 3.63) is 29.8 Å². The molecule has 0 saturated carbocycles. The van der Waals surface area contributed by atoms with Crippen molar-refractivity contribution < 1.29 is 4.79 Å². The summed E-state index contributed by atoms with van der Waals surface area (Å²) in [5, 5.41) is 11.5. The fourth-order valence-corrected chi connectivity index (χ4v) is 1.74. The highest BCUT2D eigenvalue weighted by atomic mass is 16.2. The highest BCUT2D eigenvalue weighted by Gasteiger charge is 2.13. The molecule has 0 aromatic heterocycles. The maximum absolute atomic E-state index is 11.9. The van der Waals surface area contributed by atoms with E-state index in [1.54, 1.807) is 0 Å². The summed E-state index contributed by atoms with van der Waals surface area (Å²) in [6.45, 7) is 6.99. The lowest BCUT2D eigenvalue weighted by Gasteiger charge is -2.24. The number of amides is 1. The maximum atomic E-state index is 11.9. The zero-order valence-electron chi connectivity index (χ0n) is 11.8. The molecule has 4 nitrogen and oxygen atoms in total. The predicted octanol–water partition coefficient (Wildman–Crippen LogP) is 2.56. The molecule has 102 valence electrons. The minimum atomic E-state index is -0.0458. The summed E-state index contributed by atoms with van der Waals surface area (Å²) in [7, 11) is 0. The quantitative estimate of drug-likeness (QED) is 0.854. The van der Waals surface area contributed by atoms with Crippen LogP contribution in [0.2, 0.25) is 0 Å². The Kier molecular flexibility index (Phi) is 6.04. The summed E-state index contributed by atoms with van der Waals surface area (Å²) in [5.41, 5.74) is 1.97. The predicted molar refractivity (Wildman–Crippen MR) is 76.7 cm³/mol. The lowest BCUT2D eigenvalue weighted by Crippen LogP contribution is -2.38. The monoisotopic (exact) mass is 259 g/mol. The molecule has 0 radical (unpaired) electrons. The molecule has 1 aromatic carbocycles. The van der Waals surface area contributed by atoms with Gasteiger partial charge in [0.25, 0.3) is 0 Å². The minimum Gasteiger partial charge on any atom is -0.325 e. The third-order valence-electron chi connectivity index (χ3n) is 2.92. The molecule has 0 aliphatic carbocycles. The van der Waals surface area contributed by atoms with Crippen LogP contribution in [-0.2, 0) is 4.79 Å². The van der Waals surface area contributed by atoms with E-state index >= 15 is 0 Å². The summed E-state index contributed by atoms with van der Waals surface area (Å²) in [5.74, 6) is -0.0458. The largest absolute Gasteiger partial charge is 0.325 e. The van der Waals surface area contributed by atoms with E-state index in [-0.39, 0.29) is 11.9 Å². The third kappa shape index (κ3) is 5.54. The molecule has 0 saturated heterocycles. The Hall–Kier alpha value is -1.86. The molecule has 0 aliphatic rings. The molecular weight excluding hydrogens is 238 g/mol. The Labute approximate surface area is 115 Å². The van der Waals surface area contributed by atoms with Gasteiger partial charge in [0.2, 0.25) is 5.91 Å². The molecule has 19 heavy (non-hydrogen) atoms. The fourth-order valence-electron chi connectivity index (χ4n) is 1.74. The van der Waals surface area contributed by atoms with Crippen LogP contribution in [0.5, 0.6) is 0 Å². The number of aryl methyl sites for hydroxylation is 1. The second-order valence-corrected chi connectivity index (χ2v) is 4.89. The SMILES string of the molecule is Cc1ccc(NC(=O)CN(CCC#N)C(C)C)cc1. The van der Waals surface area contributed by atoms with Crippen LogP contribution in [-0.4, -0.2) is 29.9 Å². The lowest BCUT2D eigenvalue weighted by atomic mass is 10.2. The number of carbonyl (C=O) groups excluding carboxylic acids is 1. The molecule has 0 aliphatic heterocycles. The van der Waals surface area contributed by atoms with Gasteiger partial charge in [0.05, 0.1) is 12.6 Å². The molecule has 0 bridgehead atoms. The second-order valence-electron chi connectivity index (χ2n) is 4.89. The Morgan fingerprint density at radius 1 is 1.37 bits per heavy atom. The summed E-state index contributed by atoms with van der Waals surface area (Å²) < 4.78 is 0. The van der Waals surface area contributed by atoms with E-state index < -0.39 is 0 Å². The molecule has 0 atom stereocenters. The van der Waals surface area contributed by atoms with Crippen LogP contribution < -0.4 is 5.32 Å². The first-order valence-electron chi connectivity index (χ1n) is 6.50. The Bertz CT molecular complexity index is 445.